The summed E-state index contributed by atoms with van der Waals surface area (Å²) in [4.78, 5) is 0. The van der Waals surface area contributed by atoms with Gasteiger partial charge in [-0.25, -0.2) is 0 Å². The minimum Gasteiger partial charge on any atom is -0.493 e. The summed E-state index contributed by atoms with van der Waals surface area (Å²) in [5, 5.41) is 7.56. The van der Waals surface area contributed by atoms with Crippen LogP contribution in [0.4, 0.5) is 0 Å². The van der Waals surface area contributed by atoms with E-state index in [2.05, 4.69) is 36.4 Å². The molecule has 0 aliphatic carbocycles. The molecule has 0 amide bonds. The van der Waals surface area contributed by atoms with Crippen molar-refractivity contribution in [3.8, 4) is 5.75 Å². The quantitative estimate of drug-likeness (QED) is 0.843. The summed E-state index contributed by atoms with van der Waals surface area (Å²) in [5.74, 6) is 1.49. The molecule has 0 unspecified atom stereocenters. The summed E-state index contributed by atoms with van der Waals surface area (Å²) in [6.45, 7) is 6.74. The molecule has 0 bridgehead atoms. The molecule has 0 saturated carbocycles. The fourth-order valence-corrected chi connectivity index (χ4v) is 1.88. The second kappa shape index (κ2) is 7.10. The Labute approximate surface area is 120 Å². The van der Waals surface area contributed by atoms with E-state index >= 15 is 0 Å². The van der Waals surface area contributed by atoms with Crippen molar-refractivity contribution in [2.75, 3.05) is 6.61 Å². The van der Waals surface area contributed by atoms with Crippen molar-refractivity contribution in [1.82, 2.24) is 15.1 Å². The zero-order valence-corrected chi connectivity index (χ0v) is 12.5. The van der Waals surface area contributed by atoms with Crippen LogP contribution in [0.2, 0.25) is 0 Å². The standard InChI is InChI=1S/C16H23N3O/c1-13(2)12-20-16-6-4-14(5-7-16)8-17-9-15-10-18-19(3)11-15/h4-7,10-11,13,17H,8-9,12H2,1-3H3. The highest BCUT2D eigenvalue weighted by atomic mass is 16.5. The van der Waals surface area contributed by atoms with Gasteiger partial charge in [-0.3, -0.25) is 4.68 Å². The van der Waals surface area contributed by atoms with E-state index in [-0.39, 0.29) is 0 Å². The average Bonchev–Trinajstić information content (AvgIpc) is 2.83. The van der Waals surface area contributed by atoms with Gasteiger partial charge >= 0.3 is 0 Å². The third kappa shape index (κ3) is 4.70. The number of rotatable bonds is 7. The minimum atomic E-state index is 0.552. The van der Waals surface area contributed by atoms with E-state index in [1.54, 1.807) is 0 Å². The normalized spacial score (nSPS) is 11.0. The molecule has 20 heavy (non-hydrogen) atoms. The van der Waals surface area contributed by atoms with Crippen LogP contribution in [0.25, 0.3) is 0 Å². The van der Waals surface area contributed by atoms with Crippen LogP contribution in [0.3, 0.4) is 0 Å². The molecule has 4 heteroatoms. The molecule has 108 valence electrons. The SMILES string of the molecule is CC(C)COc1ccc(CNCc2cnn(C)c2)cc1. The Morgan fingerprint density at radius 3 is 2.45 bits per heavy atom. The highest BCUT2D eigenvalue weighted by Gasteiger charge is 1.99. The van der Waals surface area contributed by atoms with Crippen LogP contribution in [0.5, 0.6) is 5.75 Å². The van der Waals surface area contributed by atoms with Crippen molar-refractivity contribution in [3.05, 3.63) is 47.8 Å². The van der Waals surface area contributed by atoms with Gasteiger partial charge in [0.25, 0.3) is 0 Å². The fourth-order valence-electron chi connectivity index (χ4n) is 1.88. The molecule has 1 aromatic heterocycles. The Kier molecular flexibility index (Phi) is 5.18. The monoisotopic (exact) mass is 273 g/mol. The Morgan fingerprint density at radius 1 is 1.15 bits per heavy atom. The number of benzene rings is 1. The molecule has 1 aromatic carbocycles. The molecule has 0 spiro atoms. The first-order chi connectivity index (χ1) is 9.63. The van der Waals surface area contributed by atoms with Gasteiger partial charge in [0, 0.05) is 31.9 Å². The first-order valence-electron chi connectivity index (χ1n) is 7.03. The molecule has 0 aliphatic rings. The maximum atomic E-state index is 5.67. The first-order valence-corrected chi connectivity index (χ1v) is 7.03. The predicted octanol–water partition coefficient (Wildman–Crippen LogP) is 2.74. The van der Waals surface area contributed by atoms with E-state index in [9.17, 15) is 0 Å². The first kappa shape index (κ1) is 14.6. The van der Waals surface area contributed by atoms with Crippen LogP contribution in [0.1, 0.15) is 25.0 Å². The van der Waals surface area contributed by atoms with Crippen LogP contribution in [-0.2, 0) is 20.1 Å². The lowest BCUT2D eigenvalue weighted by Gasteiger charge is -2.09. The third-order valence-corrected chi connectivity index (χ3v) is 2.92. The second-order valence-corrected chi connectivity index (χ2v) is 5.47. The summed E-state index contributed by atoms with van der Waals surface area (Å²) in [6.07, 6.45) is 3.91. The van der Waals surface area contributed by atoms with Gasteiger partial charge in [0.15, 0.2) is 0 Å². The lowest BCUT2D eigenvalue weighted by atomic mass is 10.2. The summed E-state index contributed by atoms with van der Waals surface area (Å²) in [6, 6.07) is 8.27. The smallest absolute Gasteiger partial charge is 0.119 e. The summed E-state index contributed by atoms with van der Waals surface area (Å²) in [5.41, 5.74) is 2.45. The molecule has 0 fully saturated rings. The lowest BCUT2D eigenvalue weighted by molar-refractivity contribution is 0.271. The molecule has 1 heterocycles. The number of aryl methyl sites for hydroxylation is 1. The predicted molar refractivity (Wildman–Crippen MR) is 80.5 cm³/mol. The van der Waals surface area contributed by atoms with Crippen molar-refractivity contribution in [3.63, 3.8) is 0 Å². The lowest BCUT2D eigenvalue weighted by Crippen LogP contribution is -2.12. The zero-order chi connectivity index (χ0) is 14.4. The summed E-state index contributed by atoms with van der Waals surface area (Å²) < 4.78 is 7.48. The number of aromatic nitrogens is 2. The van der Waals surface area contributed by atoms with Gasteiger partial charge in [-0.2, -0.15) is 5.10 Å². The molecule has 0 saturated heterocycles. The van der Waals surface area contributed by atoms with Gasteiger partial charge in [-0.1, -0.05) is 26.0 Å². The van der Waals surface area contributed by atoms with Gasteiger partial charge in [-0.15, -0.1) is 0 Å². The maximum Gasteiger partial charge on any atom is 0.119 e. The molecular formula is C16H23N3O. The van der Waals surface area contributed by atoms with Crippen molar-refractivity contribution in [2.45, 2.75) is 26.9 Å². The van der Waals surface area contributed by atoms with E-state index in [1.807, 2.05) is 36.3 Å². The highest BCUT2D eigenvalue weighted by molar-refractivity contribution is 5.27. The van der Waals surface area contributed by atoms with Gasteiger partial charge in [0.2, 0.25) is 0 Å². The van der Waals surface area contributed by atoms with E-state index in [4.69, 9.17) is 4.74 Å². The van der Waals surface area contributed by atoms with Crippen molar-refractivity contribution < 1.29 is 4.74 Å². The van der Waals surface area contributed by atoms with Gasteiger partial charge < -0.3 is 10.1 Å². The van der Waals surface area contributed by atoms with Crippen LogP contribution in [0.15, 0.2) is 36.7 Å². The maximum absolute atomic E-state index is 5.67. The van der Waals surface area contributed by atoms with Crippen LogP contribution < -0.4 is 10.1 Å². The van der Waals surface area contributed by atoms with E-state index in [0.29, 0.717) is 5.92 Å². The highest BCUT2D eigenvalue weighted by Crippen LogP contribution is 2.13. The number of hydrogen-bond acceptors (Lipinski definition) is 3. The molecule has 0 aliphatic heterocycles. The largest absolute Gasteiger partial charge is 0.493 e. The summed E-state index contributed by atoms with van der Waals surface area (Å²) >= 11 is 0. The zero-order valence-electron chi connectivity index (χ0n) is 12.5. The van der Waals surface area contributed by atoms with Gasteiger partial charge in [0.1, 0.15) is 5.75 Å². The average molecular weight is 273 g/mol. The molecule has 0 atom stereocenters. The van der Waals surface area contributed by atoms with Crippen LogP contribution >= 0.6 is 0 Å². The van der Waals surface area contributed by atoms with E-state index < -0.39 is 0 Å². The number of nitrogens with one attached hydrogen (secondary N) is 1. The topological polar surface area (TPSA) is 39.1 Å². The molecule has 2 aromatic rings. The van der Waals surface area contributed by atoms with Crippen LogP contribution in [-0.4, -0.2) is 16.4 Å². The summed E-state index contributed by atoms with van der Waals surface area (Å²) in [7, 11) is 1.93. The third-order valence-electron chi connectivity index (χ3n) is 2.92. The Bertz CT molecular complexity index is 517. The molecule has 4 nitrogen and oxygen atoms in total. The van der Waals surface area contributed by atoms with Crippen molar-refractivity contribution >= 4 is 0 Å². The molecule has 1 N–H and O–H groups in total. The minimum absolute atomic E-state index is 0.552. The number of hydrogen-bond donors (Lipinski definition) is 1. The van der Waals surface area contributed by atoms with Crippen molar-refractivity contribution in [2.24, 2.45) is 13.0 Å². The number of ether oxygens (including phenoxy) is 1. The second-order valence-electron chi connectivity index (χ2n) is 5.47. The Balaban J connectivity index is 1.76. The molecule has 2 rings (SSSR count). The van der Waals surface area contributed by atoms with Gasteiger partial charge in [-0.05, 0) is 23.6 Å². The van der Waals surface area contributed by atoms with E-state index in [1.165, 1.54) is 11.1 Å². The fraction of sp³-hybridized carbons (Fsp3) is 0.438. The van der Waals surface area contributed by atoms with Gasteiger partial charge in [0.05, 0.1) is 12.8 Å². The van der Waals surface area contributed by atoms with E-state index in [0.717, 1.165) is 25.4 Å². The Hall–Kier alpha value is -1.81. The number of nitrogens with zero attached hydrogens (tertiary/aromatic N) is 2. The van der Waals surface area contributed by atoms with Crippen molar-refractivity contribution in [1.29, 1.82) is 0 Å². The Morgan fingerprint density at radius 2 is 1.85 bits per heavy atom. The molecule has 0 radical (unpaired) electrons. The van der Waals surface area contributed by atoms with Crippen LogP contribution in [0, 0.1) is 5.92 Å². The molecular weight excluding hydrogens is 250 g/mol.